The molecule has 0 aliphatic heterocycles. The molecule has 2 aromatic rings. The molecule has 2 aromatic carbocycles. The van der Waals surface area contributed by atoms with Crippen molar-refractivity contribution < 1.29 is 13.9 Å². The van der Waals surface area contributed by atoms with E-state index in [-0.39, 0.29) is 11.9 Å². The number of halogens is 1. The van der Waals surface area contributed by atoms with Gasteiger partial charge in [0.15, 0.2) is 0 Å². The zero-order chi connectivity index (χ0) is 15.2. The van der Waals surface area contributed by atoms with Gasteiger partial charge < -0.3 is 14.8 Å². The average Bonchev–Trinajstić information content (AvgIpc) is 2.53. The van der Waals surface area contributed by atoms with Crippen molar-refractivity contribution in [3.63, 3.8) is 0 Å². The fourth-order valence-electron chi connectivity index (χ4n) is 2.12. The number of nitrogens with one attached hydrogen (secondary N) is 1. The third kappa shape index (κ3) is 3.73. The third-order valence-electron chi connectivity index (χ3n) is 3.45. The normalized spacial score (nSPS) is 12.0. The van der Waals surface area contributed by atoms with E-state index >= 15 is 0 Å². The Hall–Kier alpha value is -2.07. The number of hydrogen-bond donors (Lipinski definition) is 1. The molecule has 0 saturated carbocycles. The van der Waals surface area contributed by atoms with Gasteiger partial charge in [-0.25, -0.2) is 4.39 Å². The summed E-state index contributed by atoms with van der Waals surface area (Å²) in [4.78, 5) is 0. The summed E-state index contributed by atoms with van der Waals surface area (Å²) in [6.07, 6.45) is 0. The molecule has 112 valence electrons. The lowest BCUT2D eigenvalue weighted by Gasteiger charge is -2.17. The van der Waals surface area contributed by atoms with Crippen molar-refractivity contribution in [2.75, 3.05) is 14.2 Å². The van der Waals surface area contributed by atoms with Crippen LogP contribution in [0.15, 0.2) is 42.5 Å². The van der Waals surface area contributed by atoms with Crippen LogP contribution >= 0.6 is 0 Å². The minimum Gasteiger partial charge on any atom is -0.496 e. The smallest absolute Gasteiger partial charge is 0.125 e. The second kappa shape index (κ2) is 7.09. The van der Waals surface area contributed by atoms with Gasteiger partial charge in [-0.15, -0.1) is 0 Å². The lowest BCUT2D eigenvalue weighted by molar-refractivity contribution is 0.291. The minimum atomic E-state index is -0.267. The van der Waals surface area contributed by atoms with Crippen molar-refractivity contribution in [1.29, 1.82) is 0 Å². The van der Waals surface area contributed by atoms with Gasteiger partial charge >= 0.3 is 0 Å². The lowest BCUT2D eigenvalue weighted by atomic mass is 10.1. The van der Waals surface area contributed by atoms with Gasteiger partial charge in [0.2, 0.25) is 0 Å². The van der Waals surface area contributed by atoms with Crippen LogP contribution in [0.2, 0.25) is 0 Å². The van der Waals surface area contributed by atoms with Crippen molar-refractivity contribution in [3.05, 3.63) is 59.4 Å². The van der Waals surface area contributed by atoms with Crippen LogP contribution in [0.5, 0.6) is 11.5 Å². The summed E-state index contributed by atoms with van der Waals surface area (Å²) in [5.41, 5.74) is 1.75. The molecule has 0 aliphatic carbocycles. The van der Waals surface area contributed by atoms with Crippen LogP contribution in [-0.4, -0.2) is 14.2 Å². The maximum atomic E-state index is 13.4. The molecule has 0 fully saturated rings. The molecule has 0 bridgehead atoms. The Balaban J connectivity index is 2.20. The highest BCUT2D eigenvalue weighted by molar-refractivity contribution is 5.38. The van der Waals surface area contributed by atoms with Gasteiger partial charge in [-0.2, -0.15) is 0 Å². The second-order valence-corrected chi connectivity index (χ2v) is 4.79. The fourth-order valence-corrected chi connectivity index (χ4v) is 2.12. The average molecular weight is 289 g/mol. The second-order valence-electron chi connectivity index (χ2n) is 4.79. The predicted molar refractivity (Wildman–Crippen MR) is 81.2 cm³/mol. The molecule has 0 spiro atoms. The Morgan fingerprint density at radius 2 is 1.90 bits per heavy atom. The van der Waals surface area contributed by atoms with Gasteiger partial charge in [0.05, 0.1) is 7.11 Å². The topological polar surface area (TPSA) is 30.5 Å². The van der Waals surface area contributed by atoms with Crippen LogP contribution in [-0.2, 0) is 6.61 Å². The quantitative estimate of drug-likeness (QED) is 0.879. The van der Waals surface area contributed by atoms with Crippen LogP contribution in [0.1, 0.15) is 24.1 Å². The van der Waals surface area contributed by atoms with Gasteiger partial charge in [-0.05, 0) is 38.2 Å². The molecule has 1 N–H and O–H groups in total. The summed E-state index contributed by atoms with van der Waals surface area (Å²) in [6.45, 7) is 2.34. The highest BCUT2D eigenvalue weighted by atomic mass is 19.1. The largest absolute Gasteiger partial charge is 0.496 e. The third-order valence-corrected chi connectivity index (χ3v) is 3.45. The zero-order valence-electron chi connectivity index (χ0n) is 12.5. The van der Waals surface area contributed by atoms with E-state index in [2.05, 4.69) is 5.32 Å². The maximum absolute atomic E-state index is 13.4. The Labute approximate surface area is 124 Å². The standard InChI is InChI=1S/C17H20FNO2/c1-12(19-2)15-10-14(18)8-9-17(15)21-11-13-6-4-5-7-16(13)20-3/h4-10,12,19H,11H2,1-3H3. The first-order valence-electron chi connectivity index (χ1n) is 6.87. The van der Waals surface area contributed by atoms with Gasteiger partial charge in [-0.3, -0.25) is 0 Å². The number of methoxy groups -OCH3 is 1. The van der Waals surface area contributed by atoms with Gasteiger partial charge in [0.1, 0.15) is 23.9 Å². The molecule has 0 saturated heterocycles. The lowest BCUT2D eigenvalue weighted by Crippen LogP contribution is -2.14. The Kier molecular flexibility index (Phi) is 5.17. The zero-order valence-corrected chi connectivity index (χ0v) is 12.5. The summed E-state index contributed by atoms with van der Waals surface area (Å²) in [5, 5.41) is 3.10. The molecule has 0 heterocycles. The number of ether oxygens (including phenoxy) is 2. The van der Waals surface area contributed by atoms with Crippen molar-refractivity contribution in [3.8, 4) is 11.5 Å². The predicted octanol–water partition coefficient (Wildman–Crippen LogP) is 3.69. The highest BCUT2D eigenvalue weighted by Gasteiger charge is 2.12. The van der Waals surface area contributed by atoms with Crippen LogP contribution in [0.4, 0.5) is 4.39 Å². The first kappa shape index (κ1) is 15.3. The van der Waals surface area contributed by atoms with Gasteiger partial charge in [0, 0.05) is 17.2 Å². The summed E-state index contributed by atoms with van der Waals surface area (Å²) in [7, 11) is 3.46. The molecule has 21 heavy (non-hydrogen) atoms. The van der Waals surface area contributed by atoms with Crippen molar-refractivity contribution in [2.24, 2.45) is 0 Å². The van der Waals surface area contributed by atoms with E-state index in [9.17, 15) is 4.39 Å². The van der Waals surface area contributed by atoms with E-state index in [0.717, 1.165) is 16.9 Å². The Bertz CT molecular complexity index is 601. The Morgan fingerprint density at radius 3 is 2.62 bits per heavy atom. The van der Waals surface area contributed by atoms with E-state index in [1.54, 1.807) is 13.2 Å². The summed E-state index contributed by atoms with van der Waals surface area (Å²) in [5.74, 6) is 1.18. The SMILES string of the molecule is CNC(C)c1cc(F)ccc1OCc1ccccc1OC. The molecular weight excluding hydrogens is 269 g/mol. The van der Waals surface area contributed by atoms with Gasteiger partial charge in [0.25, 0.3) is 0 Å². The Morgan fingerprint density at radius 1 is 1.14 bits per heavy atom. The molecule has 0 aliphatic rings. The van der Waals surface area contributed by atoms with E-state index < -0.39 is 0 Å². The van der Waals surface area contributed by atoms with Crippen molar-refractivity contribution >= 4 is 0 Å². The summed E-state index contributed by atoms with van der Waals surface area (Å²) in [6, 6.07) is 12.3. The molecule has 4 heteroatoms. The number of benzene rings is 2. The molecule has 0 aromatic heterocycles. The van der Waals surface area contributed by atoms with Crippen LogP contribution < -0.4 is 14.8 Å². The maximum Gasteiger partial charge on any atom is 0.125 e. The van der Waals surface area contributed by atoms with Crippen LogP contribution in [0, 0.1) is 5.82 Å². The van der Waals surface area contributed by atoms with Crippen molar-refractivity contribution in [2.45, 2.75) is 19.6 Å². The number of hydrogen-bond acceptors (Lipinski definition) is 3. The van der Waals surface area contributed by atoms with Gasteiger partial charge in [-0.1, -0.05) is 18.2 Å². The van der Waals surface area contributed by atoms with Crippen LogP contribution in [0.3, 0.4) is 0 Å². The molecule has 2 rings (SSSR count). The minimum absolute atomic E-state index is 0.00775. The first-order chi connectivity index (χ1) is 10.2. The van der Waals surface area contributed by atoms with E-state index in [1.807, 2.05) is 38.2 Å². The number of para-hydroxylation sites is 1. The number of rotatable bonds is 6. The van der Waals surface area contributed by atoms with E-state index in [1.165, 1.54) is 12.1 Å². The molecular formula is C17H20FNO2. The molecule has 0 radical (unpaired) electrons. The van der Waals surface area contributed by atoms with E-state index in [0.29, 0.717) is 12.4 Å². The summed E-state index contributed by atoms with van der Waals surface area (Å²) >= 11 is 0. The molecule has 1 unspecified atom stereocenters. The first-order valence-corrected chi connectivity index (χ1v) is 6.87. The molecule has 1 atom stereocenters. The van der Waals surface area contributed by atoms with Crippen LogP contribution in [0.25, 0.3) is 0 Å². The van der Waals surface area contributed by atoms with E-state index in [4.69, 9.17) is 9.47 Å². The monoisotopic (exact) mass is 289 g/mol. The molecule has 3 nitrogen and oxygen atoms in total. The summed E-state index contributed by atoms with van der Waals surface area (Å²) < 4.78 is 24.6. The van der Waals surface area contributed by atoms with Crippen molar-refractivity contribution in [1.82, 2.24) is 5.32 Å². The molecule has 0 amide bonds. The highest BCUT2D eigenvalue weighted by Crippen LogP contribution is 2.28. The fraction of sp³-hybridized carbons (Fsp3) is 0.294.